The van der Waals surface area contributed by atoms with Gasteiger partial charge in [0.15, 0.2) is 0 Å². The number of rotatable bonds is 4. The molecule has 0 radical (unpaired) electrons. The Morgan fingerprint density at radius 1 is 1.19 bits per heavy atom. The molecular formula is C14H27NO. The Bertz CT molecular complexity index is 201. The lowest BCUT2D eigenvalue weighted by molar-refractivity contribution is 0.0146. The van der Waals surface area contributed by atoms with Crippen LogP contribution in [0.3, 0.4) is 0 Å². The second-order valence-electron chi connectivity index (χ2n) is 5.61. The monoisotopic (exact) mass is 225 g/mol. The van der Waals surface area contributed by atoms with Crippen LogP contribution in [-0.4, -0.2) is 25.3 Å². The summed E-state index contributed by atoms with van der Waals surface area (Å²) < 4.78 is 5.76. The van der Waals surface area contributed by atoms with Crippen molar-refractivity contribution in [1.82, 2.24) is 5.32 Å². The van der Waals surface area contributed by atoms with Crippen LogP contribution in [0.1, 0.15) is 52.4 Å². The van der Waals surface area contributed by atoms with E-state index in [-0.39, 0.29) is 0 Å². The number of ether oxygens (including phenoxy) is 1. The van der Waals surface area contributed by atoms with Crippen molar-refractivity contribution in [2.75, 3.05) is 13.2 Å². The Labute approximate surface area is 100 Å². The van der Waals surface area contributed by atoms with Crippen molar-refractivity contribution >= 4 is 0 Å². The van der Waals surface area contributed by atoms with Gasteiger partial charge in [0, 0.05) is 19.2 Å². The second-order valence-corrected chi connectivity index (χ2v) is 5.61. The van der Waals surface area contributed by atoms with Crippen LogP contribution in [0.25, 0.3) is 0 Å². The van der Waals surface area contributed by atoms with Gasteiger partial charge in [-0.25, -0.2) is 0 Å². The standard InChI is InChI=1S/C14H27NO/c1-3-12-7-8-14(11(12)2)15-10-13-6-4-5-9-16-13/h11-15H,3-10H2,1-2H3. The first kappa shape index (κ1) is 12.4. The van der Waals surface area contributed by atoms with E-state index in [9.17, 15) is 0 Å². The van der Waals surface area contributed by atoms with Crippen LogP contribution in [0.5, 0.6) is 0 Å². The second kappa shape index (κ2) is 6.02. The summed E-state index contributed by atoms with van der Waals surface area (Å²) in [6.07, 6.45) is 8.48. The zero-order chi connectivity index (χ0) is 11.4. The predicted octanol–water partition coefficient (Wildman–Crippen LogP) is 2.97. The molecule has 2 nitrogen and oxygen atoms in total. The van der Waals surface area contributed by atoms with Crippen molar-refractivity contribution in [1.29, 1.82) is 0 Å². The van der Waals surface area contributed by atoms with Crippen molar-refractivity contribution in [2.45, 2.75) is 64.5 Å². The first-order valence-electron chi connectivity index (χ1n) is 7.16. The average molecular weight is 225 g/mol. The van der Waals surface area contributed by atoms with Gasteiger partial charge >= 0.3 is 0 Å². The van der Waals surface area contributed by atoms with Crippen molar-refractivity contribution in [3.8, 4) is 0 Å². The third-order valence-electron chi connectivity index (χ3n) is 4.63. The van der Waals surface area contributed by atoms with Gasteiger partial charge in [0.1, 0.15) is 0 Å². The molecule has 0 bridgehead atoms. The Kier molecular flexibility index (Phi) is 4.66. The van der Waals surface area contributed by atoms with Gasteiger partial charge in [-0.1, -0.05) is 20.3 Å². The molecule has 2 rings (SSSR count). The van der Waals surface area contributed by atoms with E-state index in [1.807, 2.05) is 0 Å². The predicted molar refractivity (Wildman–Crippen MR) is 67.6 cm³/mol. The molecule has 1 aliphatic heterocycles. The molecule has 0 aromatic heterocycles. The third-order valence-corrected chi connectivity index (χ3v) is 4.63. The van der Waals surface area contributed by atoms with Crippen LogP contribution < -0.4 is 5.32 Å². The first-order valence-corrected chi connectivity index (χ1v) is 7.16. The van der Waals surface area contributed by atoms with E-state index in [1.165, 1.54) is 38.5 Å². The Balaban J connectivity index is 1.69. The largest absolute Gasteiger partial charge is 0.377 e. The molecule has 2 fully saturated rings. The van der Waals surface area contributed by atoms with Crippen LogP contribution in [0.2, 0.25) is 0 Å². The molecule has 94 valence electrons. The molecule has 0 amide bonds. The lowest BCUT2D eigenvalue weighted by Gasteiger charge is -2.27. The molecule has 1 saturated heterocycles. The fraction of sp³-hybridized carbons (Fsp3) is 1.00. The lowest BCUT2D eigenvalue weighted by Crippen LogP contribution is -2.39. The summed E-state index contributed by atoms with van der Waals surface area (Å²) in [4.78, 5) is 0. The highest BCUT2D eigenvalue weighted by Crippen LogP contribution is 2.33. The summed E-state index contributed by atoms with van der Waals surface area (Å²) >= 11 is 0. The number of hydrogen-bond acceptors (Lipinski definition) is 2. The maximum atomic E-state index is 5.76. The van der Waals surface area contributed by atoms with E-state index >= 15 is 0 Å². The fourth-order valence-electron chi connectivity index (χ4n) is 3.36. The highest BCUT2D eigenvalue weighted by atomic mass is 16.5. The molecule has 1 N–H and O–H groups in total. The summed E-state index contributed by atoms with van der Waals surface area (Å²) in [7, 11) is 0. The summed E-state index contributed by atoms with van der Waals surface area (Å²) in [5.74, 6) is 1.80. The van der Waals surface area contributed by atoms with Crippen molar-refractivity contribution in [3.63, 3.8) is 0 Å². The van der Waals surface area contributed by atoms with E-state index in [0.29, 0.717) is 6.10 Å². The molecule has 2 heteroatoms. The van der Waals surface area contributed by atoms with E-state index in [4.69, 9.17) is 4.74 Å². The molecular weight excluding hydrogens is 198 g/mol. The minimum Gasteiger partial charge on any atom is -0.377 e. The van der Waals surface area contributed by atoms with Crippen LogP contribution in [0.4, 0.5) is 0 Å². The number of nitrogens with one attached hydrogen (secondary N) is 1. The molecule has 0 spiro atoms. The molecule has 16 heavy (non-hydrogen) atoms. The van der Waals surface area contributed by atoms with Gasteiger partial charge < -0.3 is 10.1 Å². The number of hydrogen-bond donors (Lipinski definition) is 1. The van der Waals surface area contributed by atoms with E-state index in [0.717, 1.165) is 31.0 Å². The smallest absolute Gasteiger partial charge is 0.0699 e. The quantitative estimate of drug-likeness (QED) is 0.794. The van der Waals surface area contributed by atoms with Crippen LogP contribution in [0, 0.1) is 11.8 Å². The molecule has 1 heterocycles. The van der Waals surface area contributed by atoms with Gasteiger partial charge in [0.25, 0.3) is 0 Å². The molecule has 4 unspecified atom stereocenters. The van der Waals surface area contributed by atoms with Crippen LogP contribution >= 0.6 is 0 Å². The zero-order valence-electron chi connectivity index (χ0n) is 10.9. The van der Waals surface area contributed by atoms with Gasteiger partial charge in [-0.05, 0) is 43.9 Å². The Hall–Kier alpha value is -0.0800. The van der Waals surface area contributed by atoms with Crippen LogP contribution in [-0.2, 0) is 4.74 Å². The van der Waals surface area contributed by atoms with Gasteiger partial charge in [0.2, 0.25) is 0 Å². The summed E-state index contributed by atoms with van der Waals surface area (Å²) in [6.45, 7) is 6.80. The molecule has 0 aromatic carbocycles. The molecule has 0 aromatic rings. The van der Waals surface area contributed by atoms with Crippen molar-refractivity contribution < 1.29 is 4.74 Å². The highest BCUT2D eigenvalue weighted by molar-refractivity contribution is 4.87. The van der Waals surface area contributed by atoms with Crippen molar-refractivity contribution in [2.24, 2.45) is 11.8 Å². The first-order chi connectivity index (χ1) is 7.81. The fourth-order valence-corrected chi connectivity index (χ4v) is 3.36. The van der Waals surface area contributed by atoms with Gasteiger partial charge in [-0.3, -0.25) is 0 Å². The Morgan fingerprint density at radius 3 is 2.69 bits per heavy atom. The SMILES string of the molecule is CCC1CCC(NCC2CCCCO2)C1C. The molecule has 4 atom stereocenters. The van der Waals surface area contributed by atoms with E-state index in [1.54, 1.807) is 0 Å². The zero-order valence-corrected chi connectivity index (χ0v) is 10.9. The van der Waals surface area contributed by atoms with Gasteiger partial charge in [-0.2, -0.15) is 0 Å². The molecule has 1 saturated carbocycles. The van der Waals surface area contributed by atoms with E-state index < -0.39 is 0 Å². The average Bonchev–Trinajstić information content (AvgIpc) is 2.69. The normalized spacial score (nSPS) is 40.1. The van der Waals surface area contributed by atoms with E-state index in [2.05, 4.69) is 19.2 Å². The maximum absolute atomic E-state index is 5.76. The van der Waals surface area contributed by atoms with Crippen LogP contribution in [0.15, 0.2) is 0 Å². The highest BCUT2D eigenvalue weighted by Gasteiger charge is 2.31. The van der Waals surface area contributed by atoms with Crippen molar-refractivity contribution in [3.05, 3.63) is 0 Å². The summed E-state index contributed by atoms with van der Waals surface area (Å²) in [6, 6.07) is 0.746. The minimum absolute atomic E-state index is 0.488. The lowest BCUT2D eigenvalue weighted by atomic mass is 9.93. The Morgan fingerprint density at radius 2 is 2.06 bits per heavy atom. The topological polar surface area (TPSA) is 21.3 Å². The van der Waals surface area contributed by atoms with Gasteiger partial charge in [0.05, 0.1) is 6.10 Å². The molecule has 2 aliphatic rings. The minimum atomic E-state index is 0.488. The third kappa shape index (κ3) is 2.98. The van der Waals surface area contributed by atoms with Gasteiger partial charge in [-0.15, -0.1) is 0 Å². The summed E-state index contributed by atoms with van der Waals surface area (Å²) in [5.41, 5.74) is 0. The molecule has 1 aliphatic carbocycles. The summed E-state index contributed by atoms with van der Waals surface area (Å²) in [5, 5.41) is 3.74. The maximum Gasteiger partial charge on any atom is 0.0699 e.